The Balaban J connectivity index is 2.21. The fourth-order valence-corrected chi connectivity index (χ4v) is 1.44. The second-order valence-corrected chi connectivity index (χ2v) is 3.72. The topological polar surface area (TPSA) is 107 Å². The monoisotopic (exact) mass is 251 g/mol. The van der Waals surface area contributed by atoms with Crippen LogP contribution in [-0.2, 0) is 16.0 Å². The van der Waals surface area contributed by atoms with E-state index in [4.69, 9.17) is 11.5 Å². The van der Waals surface area contributed by atoms with E-state index in [1.54, 1.807) is 6.07 Å². The molecule has 1 rings (SSSR count). The van der Waals surface area contributed by atoms with Crippen molar-refractivity contribution in [3.8, 4) is 0 Å². The molecule has 1 aromatic carbocycles. The molecular formula is C12H17N3O3. The van der Waals surface area contributed by atoms with Crippen molar-refractivity contribution in [1.82, 2.24) is 5.32 Å². The molecule has 98 valence electrons. The first-order chi connectivity index (χ1) is 8.59. The van der Waals surface area contributed by atoms with Gasteiger partial charge in [-0.3, -0.25) is 4.79 Å². The van der Waals surface area contributed by atoms with Gasteiger partial charge >= 0.3 is 6.09 Å². The molecule has 0 radical (unpaired) electrons. The molecule has 0 aliphatic rings. The van der Waals surface area contributed by atoms with Gasteiger partial charge in [0.1, 0.15) is 6.61 Å². The van der Waals surface area contributed by atoms with Crippen molar-refractivity contribution in [2.24, 2.45) is 5.73 Å². The number of aryl methyl sites for hydroxylation is 1. The van der Waals surface area contributed by atoms with Crippen LogP contribution >= 0.6 is 0 Å². The van der Waals surface area contributed by atoms with Gasteiger partial charge in [-0.15, -0.1) is 0 Å². The number of primary amides is 1. The average molecular weight is 251 g/mol. The summed E-state index contributed by atoms with van der Waals surface area (Å²) in [6.45, 7) is 0.334. The van der Waals surface area contributed by atoms with Crippen LogP contribution in [0.3, 0.4) is 0 Å². The largest absolute Gasteiger partial charge is 0.448 e. The van der Waals surface area contributed by atoms with E-state index in [1.165, 1.54) is 0 Å². The first-order valence-corrected chi connectivity index (χ1v) is 5.62. The Morgan fingerprint density at radius 3 is 2.67 bits per heavy atom. The van der Waals surface area contributed by atoms with Gasteiger partial charge in [-0.2, -0.15) is 0 Å². The molecule has 6 nitrogen and oxygen atoms in total. The van der Waals surface area contributed by atoms with E-state index in [-0.39, 0.29) is 19.1 Å². The lowest BCUT2D eigenvalue weighted by Crippen LogP contribution is -2.29. The Labute approximate surface area is 105 Å². The smallest absolute Gasteiger partial charge is 0.404 e. The number of anilines is 1. The van der Waals surface area contributed by atoms with Crippen molar-refractivity contribution in [2.45, 2.75) is 12.8 Å². The van der Waals surface area contributed by atoms with Crippen molar-refractivity contribution in [3.05, 3.63) is 29.8 Å². The zero-order valence-corrected chi connectivity index (χ0v) is 10.0. The lowest BCUT2D eigenvalue weighted by atomic mass is 10.1. The van der Waals surface area contributed by atoms with Crippen LogP contribution in [0, 0.1) is 0 Å². The maximum Gasteiger partial charge on any atom is 0.404 e. The van der Waals surface area contributed by atoms with Crippen LogP contribution in [-0.4, -0.2) is 25.2 Å². The Kier molecular flexibility index (Phi) is 5.50. The maximum atomic E-state index is 11.4. The van der Waals surface area contributed by atoms with Gasteiger partial charge in [0.15, 0.2) is 0 Å². The number of carbonyl (C=O) groups is 2. The van der Waals surface area contributed by atoms with Gasteiger partial charge in [0.05, 0.1) is 6.54 Å². The number of amides is 2. The highest BCUT2D eigenvalue weighted by molar-refractivity contribution is 5.76. The summed E-state index contributed by atoms with van der Waals surface area (Å²) in [6.07, 6.45) is 0.0706. The molecule has 18 heavy (non-hydrogen) atoms. The second kappa shape index (κ2) is 7.16. The van der Waals surface area contributed by atoms with Crippen LogP contribution < -0.4 is 16.8 Å². The number of ether oxygens (including phenoxy) is 1. The molecule has 0 bridgehead atoms. The third kappa shape index (κ3) is 5.20. The SMILES string of the molecule is NC(=O)OCCNC(=O)CCc1ccccc1N. The molecule has 2 amide bonds. The van der Waals surface area contributed by atoms with Crippen molar-refractivity contribution >= 4 is 17.7 Å². The lowest BCUT2D eigenvalue weighted by molar-refractivity contribution is -0.121. The molecule has 1 aromatic rings. The summed E-state index contributed by atoms with van der Waals surface area (Å²) in [4.78, 5) is 21.7. The van der Waals surface area contributed by atoms with Crippen LogP contribution in [0.15, 0.2) is 24.3 Å². The highest BCUT2D eigenvalue weighted by atomic mass is 16.5. The van der Waals surface area contributed by atoms with E-state index in [1.807, 2.05) is 18.2 Å². The van der Waals surface area contributed by atoms with Gasteiger partial charge in [0, 0.05) is 12.1 Å². The number of para-hydroxylation sites is 1. The zero-order chi connectivity index (χ0) is 13.4. The molecule has 6 heteroatoms. The summed E-state index contributed by atoms with van der Waals surface area (Å²) >= 11 is 0. The van der Waals surface area contributed by atoms with Crippen LogP contribution in [0.25, 0.3) is 0 Å². The number of carbonyl (C=O) groups excluding carboxylic acids is 2. The molecule has 0 atom stereocenters. The molecule has 0 heterocycles. The predicted octanol–water partition coefficient (Wildman–Crippen LogP) is 0.413. The standard InChI is InChI=1S/C12H17N3O3/c13-10-4-2-1-3-9(10)5-6-11(16)15-7-8-18-12(14)17/h1-4H,5-8,13H2,(H2,14,17)(H,15,16). The van der Waals surface area contributed by atoms with Crippen LogP contribution in [0.5, 0.6) is 0 Å². The van der Waals surface area contributed by atoms with E-state index >= 15 is 0 Å². The molecule has 0 spiro atoms. The third-order valence-electron chi connectivity index (χ3n) is 2.35. The number of nitrogen functional groups attached to an aromatic ring is 1. The summed E-state index contributed by atoms with van der Waals surface area (Å²) in [5.41, 5.74) is 12.2. The van der Waals surface area contributed by atoms with Crippen LogP contribution in [0.1, 0.15) is 12.0 Å². The second-order valence-electron chi connectivity index (χ2n) is 3.72. The minimum Gasteiger partial charge on any atom is -0.448 e. The van der Waals surface area contributed by atoms with Gasteiger partial charge in [-0.05, 0) is 18.1 Å². The Hall–Kier alpha value is -2.24. The van der Waals surface area contributed by atoms with Crippen molar-refractivity contribution in [2.75, 3.05) is 18.9 Å². The normalized spacial score (nSPS) is 9.78. The number of nitrogens with one attached hydrogen (secondary N) is 1. The molecule has 0 fully saturated rings. The van der Waals surface area contributed by atoms with Crippen LogP contribution in [0.2, 0.25) is 0 Å². The van der Waals surface area contributed by atoms with E-state index < -0.39 is 6.09 Å². The third-order valence-corrected chi connectivity index (χ3v) is 2.35. The fourth-order valence-electron chi connectivity index (χ4n) is 1.44. The van der Waals surface area contributed by atoms with Gasteiger partial charge in [0.2, 0.25) is 5.91 Å². The first kappa shape index (κ1) is 13.8. The van der Waals surface area contributed by atoms with Gasteiger partial charge in [-0.1, -0.05) is 18.2 Å². The molecule has 0 aliphatic heterocycles. The number of benzene rings is 1. The molecule has 0 saturated heterocycles. The molecule has 0 saturated carbocycles. The van der Waals surface area contributed by atoms with Gasteiger partial charge in [0.25, 0.3) is 0 Å². The summed E-state index contributed by atoms with van der Waals surface area (Å²) in [6, 6.07) is 7.41. The Morgan fingerprint density at radius 1 is 1.28 bits per heavy atom. The summed E-state index contributed by atoms with van der Waals surface area (Å²) in [5.74, 6) is -0.119. The van der Waals surface area contributed by atoms with E-state index in [2.05, 4.69) is 10.1 Å². The van der Waals surface area contributed by atoms with Gasteiger partial charge < -0.3 is 21.5 Å². The molecule has 0 aromatic heterocycles. The molecule has 0 unspecified atom stereocenters. The first-order valence-electron chi connectivity index (χ1n) is 5.62. The van der Waals surface area contributed by atoms with Crippen molar-refractivity contribution < 1.29 is 14.3 Å². The zero-order valence-electron chi connectivity index (χ0n) is 10.0. The number of hydrogen-bond acceptors (Lipinski definition) is 4. The Bertz CT molecular complexity index is 421. The summed E-state index contributed by atoms with van der Waals surface area (Å²) < 4.78 is 4.48. The van der Waals surface area contributed by atoms with Crippen molar-refractivity contribution in [1.29, 1.82) is 0 Å². The molecule has 5 N–H and O–H groups in total. The van der Waals surface area contributed by atoms with Crippen LogP contribution in [0.4, 0.5) is 10.5 Å². The molecular weight excluding hydrogens is 234 g/mol. The quantitative estimate of drug-likeness (QED) is 0.502. The summed E-state index contributed by atoms with van der Waals surface area (Å²) in [7, 11) is 0. The predicted molar refractivity (Wildman–Crippen MR) is 67.7 cm³/mol. The number of rotatable bonds is 6. The van der Waals surface area contributed by atoms with E-state index in [0.717, 1.165) is 5.56 Å². The Morgan fingerprint density at radius 2 is 2.00 bits per heavy atom. The highest BCUT2D eigenvalue weighted by Gasteiger charge is 2.04. The fraction of sp³-hybridized carbons (Fsp3) is 0.333. The average Bonchev–Trinajstić information content (AvgIpc) is 2.33. The maximum absolute atomic E-state index is 11.4. The van der Waals surface area contributed by atoms with Crippen molar-refractivity contribution in [3.63, 3.8) is 0 Å². The number of nitrogens with two attached hydrogens (primary N) is 2. The van der Waals surface area contributed by atoms with E-state index in [9.17, 15) is 9.59 Å². The molecule has 0 aliphatic carbocycles. The number of hydrogen-bond donors (Lipinski definition) is 3. The minimum absolute atomic E-state index is 0.0779. The lowest BCUT2D eigenvalue weighted by Gasteiger charge is -2.06. The van der Waals surface area contributed by atoms with E-state index in [0.29, 0.717) is 18.5 Å². The summed E-state index contributed by atoms with van der Waals surface area (Å²) in [5, 5.41) is 2.62. The highest BCUT2D eigenvalue weighted by Crippen LogP contribution is 2.12. The van der Waals surface area contributed by atoms with Gasteiger partial charge in [-0.25, -0.2) is 4.79 Å². The minimum atomic E-state index is -0.846.